The zero-order valence-electron chi connectivity index (χ0n) is 15.1. The number of benzene rings is 2. The molecule has 1 aromatic heterocycles. The summed E-state index contributed by atoms with van der Waals surface area (Å²) < 4.78 is 11.9. The van der Waals surface area contributed by atoms with Crippen LogP contribution >= 0.6 is 0 Å². The first-order valence-electron chi connectivity index (χ1n) is 8.02. The minimum Gasteiger partial charge on any atom is -0.497 e. The molecule has 0 saturated carbocycles. The summed E-state index contributed by atoms with van der Waals surface area (Å²) in [6.07, 6.45) is 1.50. The Bertz CT molecular complexity index is 947. The predicted octanol–water partition coefficient (Wildman–Crippen LogP) is 1.83. The summed E-state index contributed by atoms with van der Waals surface area (Å²) in [7, 11) is 3.05. The van der Waals surface area contributed by atoms with Crippen LogP contribution in [0.5, 0.6) is 11.5 Å². The average molecular weight is 366 g/mol. The molecule has 9 heteroatoms. The number of aromatic nitrogens is 4. The molecule has 0 aliphatic heterocycles. The van der Waals surface area contributed by atoms with Gasteiger partial charge in [0, 0.05) is 11.6 Å². The van der Waals surface area contributed by atoms with Crippen LogP contribution in [0.15, 0.2) is 53.9 Å². The highest BCUT2D eigenvalue weighted by atomic mass is 16.5. The predicted molar refractivity (Wildman–Crippen MR) is 98.4 cm³/mol. The van der Waals surface area contributed by atoms with Gasteiger partial charge in [0.2, 0.25) is 0 Å². The lowest BCUT2D eigenvalue weighted by molar-refractivity contribution is 0.0954. The fourth-order valence-electron chi connectivity index (χ4n) is 2.36. The van der Waals surface area contributed by atoms with Crippen molar-refractivity contribution < 1.29 is 14.3 Å². The number of hydrogen-bond donors (Lipinski definition) is 1. The number of amides is 1. The second kappa shape index (κ2) is 8.09. The number of ether oxygens (including phenoxy) is 2. The first-order chi connectivity index (χ1) is 13.1. The fraction of sp³-hybridized carbons (Fsp3) is 0.167. The minimum absolute atomic E-state index is 0.372. The van der Waals surface area contributed by atoms with Crippen LogP contribution in [0.1, 0.15) is 22.8 Å². The first kappa shape index (κ1) is 18.1. The van der Waals surface area contributed by atoms with Crippen molar-refractivity contribution in [2.75, 3.05) is 14.2 Å². The molecule has 3 rings (SSSR count). The fourth-order valence-corrected chi connectivity index (χ4v) is 2.36. The van der Waals surface area contributed by atoms with Crippen molar-refractivity contribution in [3.05, 3.63) is 59.9 Å². The molecule has 0 aliphatic carbocycles. The third-order valence-electron chi connectivity index (χ3n) is 3.82. The summed E-state index contributed by atoms with van der Waals surface area (Å²) in [4.78, 5) is 12.4. The average Bonchev–Trinajstić information content (AvgIpc) is 3.26. The van der Waals surface area contributed by atoms with Crippen molar-refractivity contribution >= 4 is 11.6 Å². The van der Waals surface area contributed by atoms with E-state index in [1.54, 1.807) is 25.1 Å². The number of hydrazone groups is 1. The van der Waals surface area contributed by atoms with Crippen LogP contribution in [0, 0.1) is 0 Å². The van der Waals surface area contributed by atoms with Gasteiger partial charge in [0.1, 0.15) is 17.8 Å². The SMILES string of the molecule is COc1cc(OC)cc(C(=O)N/N=C(/C)c2cccc(-n3cnnn3)c2)c1. The van der Waals surface area contributed by atoms with Gasteiger partial charge >= 0.3 is 0 Å². The van der Waals surface area contributed by atoms with E-state index < -0.39 is 0 Å². The number of nitrogens with zero attached hydrogens (tertiary/aromatic N) is 5. The van der Waals surface area contributed by atoms with Crippen molar-refractivity contribution in [1.29, 1.82) is 0 Å². The molecule has 0 fully saturated rings. The highest BCUT2D eigenvalue weighted by Crippen LogP contribution is 2.22. The lowest BCUT2D eigenvalue weighted by Crippen LogP contribution is -2.19. The van der Waals surface area contributed by atoms with E-state index in [1.807, 2.05) is 24.3 Å². The van der Waals surface area contributed by atoms with Gasteiger partial charge in [-0.3, -0.25) is 4.79 Å². The number of hydrogen-bond acceptors (Lipinski definition) is 7. The molecule has 0 unspecified atom stereocenters. The molecule has 0 bridgehead atoms. The first-order valence-corrected chi connectivity index (χ1v) is 8.02. The highest BCUT2D eigenvalue weighted by Gasteiger charge is 2.10. The van der Waals surface area contributed by atoms with Crippen molar-refractivity contribution in [3.63, 3.8) is 0 Å². The molecule has 0 atom stereocenters. The molecule has 0 radical (unpaired) electrons. The van der Waals surface area contributed by atoms with Gasteiger partial charge in [0.15, 0.2) is 0 Å². The maximum Gasteiger partial charge on any atom is 0.271 e. The van der Waals surface area contributed by atoms with Gasteiger partial charge in [-0.05, 0) is 47.2 Å². The second-order valence-corrected chi connectivity index (χ2v) is 5.54. The number of carbonyl (C=O) groups is 1. The molecule has 9 nitrogen and oxygen atoms in total. The number of nitrogens with one attached hydrogen (secondary N) is 1. The Kier molecular flexibility index (Phi) is 5.41. The summed E-state index contributed by atoms with van der Waals surface area (Å²) in [6, 6.07) is 12.4. The van der Waals surface area contributed by atoms with Crippen molar-refractivity contribution in [1.82, 2.24) is 25.6 Å². The molecule has 2 aromatic carbocycles. The van der Waals surface area contributed by atoms with Crippen LogP contribution in [-0.2, 0) is 0 Å². The van der Waals surface area contributed by atoms with Gasteiger partial charge in [0.25, 0.3) is 5.91 Å². The summed E-state index contributed by atoms with van der Waals surface area (Å²) in [5.41, 5.74) is 5.17. The normalized spacial score (nSPS) is 11.1. The lowest BCUT2D eigenvalue weighted by atomic mass is 10.1. The minimum atomic E-state index is -0.372. The van der Waals surface area contributed by atoms with E-state index in [9.17, 15) is 4.79 Å². The molecule has 0 saturated heterocycles. The van der Waals surface area contributed by atoms with Gasteiger partial charge in [-0.25, -0.2) is 10.1 Å². The largest absolute Gasteiger partial charge is 0.497 e. The van der Waals surface area contributed by atoms with Gasteiger partial charge in [-0.1, -0.05) is 12.1 Å². The van der Waals surface area contributed by atoms with Gasteiger partial charge in [0.05, 0.1) is 25.6 Å². The Balaban J connectivity index is 1.78. The quantitative estimate of drug-likeness (QED) is 0.527. The molecule has 27 heavy (non-hydrogen) atoms. The maximum atomic E-state index is 12.4. The van der Waals surface area contributed by atoms with E-state index in [0.717, 1.165) is 11.3 Å². The summed E-state index contributed by atoms with van der Waals surface area (Å²) in [5.74, 6) is 0.673. The van der Waals surface area contributed by atoms with Crippen molar-refractivity contribution in [2.45, 2.75) is 6.92 Å². The van der Waals surface area contributed by atoms with E-state index in [0.29, 0.717) is 22.8 Å². The Morgan fingerprint density at radius 3 is 2.44 bits per heavy atom. The Morgan fingerprint density at radius 2 is 1.81 bits per heavy atom. The number of carbonyl (C=O) groups excluding carboxylic acids is 1. The molecule has 0 spiro atoms. The summed E-state index contributed by atoms with van der Waals surface area (Å²) in [5, 5.41) is 15.3. The Morgan fingerprint density at radius 1 is 1.07 bits per heavy atom. The zero-order chi connectivity index (χ0) is 19.2. The van der Waals surface area contributed by atoms with E-state index in [-0.39, 0.29) is 5.91 Å². The van der Waals surface area contributed by atoms with E-state index in [1.165, 1.54) is 25.2 Å². The zero-order valence-corrected chi connectivity index (χ0v) is 15.1. The lowest BCUT2D eigenvalue weighted by Gasteiger charge is -2.08. The van der Waals surface area contributed by atoms with E-state index >= 15 is 0 Å². The van der Waals surface area contributed by atoms with Crippen LogP contribution in [0.25, 0.3) is 5.69 Å². The third-order valence-corrected chi connectivity index (χ3v) is 3.82. The standard InChI is InChI=1S/C18H18N6O3/c1-12(13-5-4-6-15(7-13)24-11-19-22-23-24)20-21-18(25)14-8-16(26-2)10-17(9-14)27-3/h4-11H,1-3H3,(H,21,25)/b20-12-. The van der Waals surface area contributed by atoms with Crippen LogP contribution in [0.4, 0.5) is 0 Å². The number of rotatable bonds is 6. The molecule has 1 amide bonds. The van der Waals surface area contributed by atoms with E-state index in [4.69, 9.17) is 9.47 Å². The van der Waals surface area contributed by atoms with Crippen LogP contribution < -0.4 is 14.9 Å². The van der Waals surface area contributed by atoms with Gasteiger partial charge in [-0.15, -0.1) is 5.10 Å². The van der Waals surface area contributed by atoms with E-state index in [2.05, 4.69) is 26.1 Å². The maximum absolute atomic E-state index is 12.4. The summed E-state index contributed by atoms with van der Waals surface area (Å²) in [6.45, 7) is 1.80. The Labute approximate surface area is 155 Å². The highest BCUT2D eigenvalue weighted by molar-refractivity contribution is 6.01. The van der Waals surface area contributed by atoms with Crippen molar-refractivity contribution in [2.24, 2.45) is 5.10 Å². The van der Waals surface area contributed by atoms with Gasteiger partial charge < -0.3 is 9.47 Å². The molecule has 1 N–H and O–H groups in total. The molecular weight excluding hydrogens is 348 g/mol. The summed E-state index contributed by atoms with van der Waals surface area (Å²) >= 11 is 0. The molecule has 3 aromatic rings. The molecule has 0 aliphatic rings. The van der Waals surface area contributed by atoms with Crippen LogP contribution in [0.3, 0.4) is 0 Å². The number of tetrazole rings is 1. The monoisotopic (exact) mass is 366 g/mol. The third kappa shape index (κ3) is 4.27. The van der Waals surface area contributed by atoms with Gasteiger partial charge in [-0.2, -0.15) is 5.10 Å². The second-order valence-electron chi connectivity index (χ2n) is 5.54. The molecule has 1 heterocycles. The van der Waals surface area contributed by atoms with Crippen LogP contribution in [-0.4, -0.2) is 46.0 Å². The Hall–Kier alpha value is -3.75. The topological polar surface area (TPSA) is 104 Å². The molecule has 138 valence electrons. The van der Waals surface area contributed by atoms with Crippen LogP contribution in [0.2, 0.25) is 0 Å². The van der Waals surface area contributed by atoms with Crippen molar-refractivity contribution in [3.8, 4) is 17.2 Å². The molecular formula is C18H18N6O3. The number of methoxy groups -OCH3 is 2. The smallest absolute Gasteiger partial charge is 0.271 e.